The van der Waals surface area contributed by atoms with Crippen LogP contribution in [0.1, 0.15) is 40.5 Å². The molecule has 0 unspecified atom stereocenters. The molecule has 0 bridgehead atoms. The maximum absolute atomic E-state index is 12.4. The first kappa shape index (κ1) is 21.3. The molecule has 0 saturated carbocycles. The SMILES string of the molecule is CCOC(=O)c1cc(-c2ccc(C)cc2)n(CCC(=O)NCc2cccnc2)c1C. The molecule has 2 aromatic heterocycles. The van der Waals surface area contributed by atoms with Gasteiger partial charge < -0.3 is 14.6 Å². The summed E-state index contributed by atoms with van der Waals surface area (Å²) in [6, 6.07) is 13.7. The smallest absolute Gasteiger partial charge is 0.339 e. The van der Waals surface area contributed by atoms with Gasteiger partial charge in [-0.05, 0) is 44.0 Å². The number of esters is 1. The number of rotatable bonds is 8. The molecule has 0 fully saturated rings. The summed E-state index contributed by atoms with van der Waals surface area (Å²) in [7, 11) is 0. The van der Waals surface area contributed by atoms with Crippen LogP contribution in [-0.4, -0.2) is 28.0 Å². The zero-order valence-corrected chi connectivity index (χ0v) is 17.6. The minimum atomic E-state index is -0.344. The van der Waals surface area contributed by atoms with E-state index in [1.165, 1.54) is 0 Å². The third kappa shape index (κ3) is 5.14. The lowest BCUT2D eigenvalue weighted by molar-refractivity contribution is -0.121. The summed E-state index contributed by atoms with van der Waals surface area (Å²) >= 11 is 0. The summed E-state index contributed by atoms with van der Waals surface area (Å²) in [4.78, 5) is 28.8. The average Bonchev–Trinajstić information content (AvgIpc) is 3.08. The van der Waals surface area contributed by atoms with Gasteiger partial charge in [0.2, 0.25) is 5.91 Å². The van der Waals surface area contributed by atoms with E-state index in [4.69, 9.17) is 4.74 Å². The number of carbonyl (C=O) groups is 2. The Balaban J connectivity index is 1.78. The van der Waals surface area contributed by atoms with Crippen LogP contribution in [0.4, 0.5) is 0 Å². The molecule has 0 aliphatic rings. The third-order valence-electron chi connectivity index (χ3n) is 4.98. The Morgan fingerprint density at radius 1 is 1.13 bits per heavy atom. The van der Waals surface area contributed by atoms with Crippen molar-refractivity contribution in [1.29, 1.82) is 0 Å². The molecule has 3 aromatic rings. The molecule has 0 radical (unpaired) electrons. The van der Waals surface area contributed by atoms with Crippen LogP contribution < -0.4 is 5.32 Å². The van der Waals surface area contributed by atoms with Crippen LogP contribution in [0.3, 0.4) is 0 Å². The Morgan fingerprint density at radius 2 is 1.90 bits per heavy atom. The Kier molecular flexibility index (Phi) is 7.01. The van der Waals surface area contributed by atoms with Crippen LogP contribution in [-0.2, 0) is 22.6 Å². The average molecular weight is 405 g/mol. The molecular weight excluding hydrogens is 378 g/mol. The van der Waals surface area contributed by atoms with Crippen molar-refractivity contribution >= 4 is 11.9 Å². The van der Waals surface area contributed by atoms with Gasteiger partial charge in [0.25, 0.3) is 0 Å². The van der Waals surface area contributed by atoms with E-state index in [0.717, 1.165) is 28.1 Å². The molecule has 3 rings (SSSR count). The van der Waals surface area contributed by atoms with Gasteiger partial charge in [0.1, 0.15) is 0 Å². The molecule has 2 heterocycles. The monoisotopic (exact) mass is 405 g/mol. The van der Waals surface area contributed by atoms with E-state index < -0.39 is 0 Å². The van der Waals surface area contributed by atoms with Crippen LogP contribution in [0.2, 0.25) is 0 Å². The maximum Gasteiger partial charge on any atom is 0.339 e. The van der Waals surface area contributed by atoms with Gasteiger partial charge in [-0.1, -0.05) is 35.9 Å². The lowest BCUT2D eigenvalue weighted by atomic mass is 10.1. The topological polar surface area (TPSA) is 73.2 Å². The highest BCUT2D eigenvalue weighted by molar-refractivity contribution is 5.92. The number of nitrogens with one attached hydrogen (secondary N) is 1. The Labute approximate surface area is 176 Å². The van der Waals surface area contributed by atoms with Gasteiger partial charge in [-0.25, -0.2) is 4.79 Å². The number of benzene rings is 1. The molecule has 0 aliphatic heterocycles. The van der Waals surface area contributed by atoms with Crippen molar-refractivity contribution in [3.63, 3.8) is 0 Å². The molecule has 0 spiro atoms. The summed E-state index contributed by atoms with van der Waals surface area (Å²) < 4.78 is 7.22. The predicted octanol–water partition coefficient (Wildman–Crippen LogP) is 4.05. The van der Waals surface area contributed by atoms with E-state index in [-0.39, 0.29) is 11.9 Å². The standard InChI is InChI=1S/C24H27N3O3/c1-4-30-24(29)21-14-22(20-9-7-17(2)8-10-20)27(18(21)3)13-11-23(28)26-16-19-6-5-12-25-15-19/h5-10,12,14-15H,4,11,13,16H2,1-3H3,(H,26,28). The third-order valence-corrected chi connectivity index (χ3v) is 4.98. The first-order valence-corrected chi connectivity index (χ1v) is 10.1. The van der Waals surface area contributed by atoms with Crippen molar-refractivity contribution in [2.45, 2.75) is 40.3 Å². The lowest BCUT2D eigenvalue weighted by Crippen LogP contribution is -2.24. The van der Waals surface area contributed by atoms with Crippen molar-refractivity contribution < 1.29 is 14.3 Å². The fourth-order valence-electron chi connectivity index (χ4n) is 3.32. The zero-order valence-electron chi connectivity index (χ0n) is 17.6. The van der Waals surface area contributed by atoms with Crippen molar-refractivity contribution in [3.05, 3.63) is 77.2 Å². The molecule has 156 valence electrons. The molecule has 30 heavy (non-hydrogen) atoms. The molecule has 1 amide bonds. The Morgan fingerprint density at radius 3 is 2.57 bits per heavy atom. The highest BCUT2D eigenvalue weighted by atomic mass is 16.5. The van der Waals surface area contributed by atoms with Crippen molar-refractivity contribution in [2.75, 3.05) is 6.61 Å². The summed E-state index contributed by atoms with van der Waals surface area (Å²) in [5.41, 5.74) is 5.33. The van der Waals surface area contributed by atoms with Crippen LogP contribution >= 0.6 is 0 Å². The summed E-state index contributed by atoms with van der Waals surface area (Å²) in [5, 5.41) is 2.92. The van der Waals surface area contributed by atoms with Gasteiger partial charge >= 0.3 is 5.97 Å². The van der Waals surface area contributed by atoms with E-state index in [0.29, 0.717) is 31.7 Å². The van der Waals surface area contributed by atoms with Gasteiger partial charge in [-0.15, -0.1) is 0 Å². The first-order valence-electron chi connectivity index (χ1n) is 10.1. The number of carbonyl (C=O) groups excluding carboxylic acids is 2. The fraction of sp³-hybridized carbons (Fsp3) is 0.292. The predicted molar refractivity (Wildman–Crippen MR) is 116 cm³/mol. The molecular formula is C24H27N3O3. The highest BCUT2D eigenvalue weighted by Gasteiger charge is 2.20. The van der Waals surface area contributed by atoms with Crippen molar-refractivity contribution in [2.24, 2.45) is 0 Å². The number of pyridine rings is 1. The maximum atomic E-state index is 12.4. The molecule has 1 aromatic carbocycles. The largest absolute Gasteiger partial charge is 0.462 e. The fourth-order valence-corrected chi connectivity index (χ4v) is 3.32. The van der Waals surface area contributed by atoms with E-state index in [1.807, 2.05) is 60.9 Å². The second-order valence-electron chi connectivity index (χ2n) is 7.15. The number of amides is 1. The molecule has 0 atom stereocenters. The second kappa shape index (κ2) is 9.87. The minimum Gasteiger partial charge on any atom is -0.462 e. The zero-order chi connectivity index (χ0) is 21.5. The number of ether oxygens (including phenoxy) is 1. The summed E-state index contributed by atoms with van der Waals surface area (Å²) in [6.45, 7) is 6.93. The number of aromatic nitrogens is 2. The quantitative estimate of drug-likeness (QED) is 0.574. The van der Waals surface area contributed by atoms with Gasteiger partial charge in [-0.2, -0.15) is 0 Å². The number of aryl methyl sites for hydroxylation is 1. The van der Waals surface area contributed by atoms with E-state index in [1.54, 1.807) is 19.3 Å². The van der Waals surface area contributed by atoms with Crippen molar-refractivity contribution in [3.8, 4) is 11.3 Å². The van der Waals surface area contributed by atoms with Crippen LogP contribution in [0.5, 0.6) is 0 Å². The van der Waals surface area contributed by atoms with E-state index >= 15 is 0 Å². The lowest BCUT2D eigenvalue weighted by Gasteiger charge is -2.13. The van der Waals surface area contributed by atoms with E-state index in [9.17, 15) is 9.59 Å². The van der Waals surface area contributed by atoms with Gasteiger partial charge in [0, 0.05) is 43.3 Å². The molecule has 6 heteroatoms. The normalized spacial score (nSPS) is 10.6. The minimum absolute atomic E-state index is 0.0560. The second-order valence-corrected chi connectivity index (χ2v) is 7.15. The van der Waals surface area contributed by atoms with Gasteiger partial charge in [0.05, 0.1) is 12.2 Å². The molecule has 6 nitrogen and oxygen atoms in total. The van der Waals surface area contributed by atoms with Crippen LogP contribution in [0.25, 0.3) is 11.3 Å². The summed E-state index contributed by atoms with van der Waals surface area (Å²) in [6.07, 6.45) is 3.74. The van der Waals surface area contributed by atoms with Gasteiger partial charge in [-0.3, -0.25) is 9.78 Å². The Hall–Kier alpha value is -3.41. The highest BCUT2D eigenvalue weighted by Crippen LogP contribution is 2.27. The van der Waals surface area contributed by atoms with Crippen molar-refractivity contribution in [1.82, 2.24) is 14.9 Å². The Bertz CT molecular complexity index is 1010. The summed E-state index contributed by atoms with van der Waals surface area (Å²) in [5.74, 6) is -0.400. The molecule has 0 saturated heterocycles. The van der Waals surface area contributed by atoms with Crippen LogP contribution in [0, 0.1) is 13.8 Å². The number of nitrogens with zero attached hydrogens (tertiary/aromatic N) is 2. The molecule has 0 aliphatic carbocycles. The first-order chi connectivity index (χ1) is 14.5. The molecule has 1 N–H and O–H groups in total. The number of hydrogen-bond donors (Lipinski definition) is 1. The van der Waals surface area contributed by atoms with Gasteiger partial charge in [0.15, 0.2) is 0 Å². The van der Waals surface area contributed by atoms with Crippen LogP contribution in [0.15, 0.2) is 54.9 Å². The van der Waals surface area contributed by atoms with E-state index in [2.05, 4.69) is 10.3 Å². The number of hydrogen-bond acceptors (Lipinski definition) is 4.